The van der Waals surface area contributed by atoms with Gasteiger partial charge in [-0.25, -0.2) is 4.98 Å². The molecule has 2 rings (SSSR count). The van der Waals surface area contributed by atoms with Gasteiger partial charge in [0.1, 0.15) is 5.15 Å². The Morgan fingerprint density at radius 1 is 1.35 bits per heavy atom. The van der Waals surface area contributed by atoms with E-state index in [-0.39, 0.29) is 5.91 Å². The molecule has 1 aromatic rings. The molecule has 4 nitrogen and oxygen atoms in total. The number of likely N-dealkylation sites (tertiary alicyclic amines) is 1. The predicted octanol–water partition coefficient (Wildman–Crippen LogP) is 2.51. The number of amides is 1. The summed E-state index contributed by atoms with van der Waals surface area (Å²) in [6, 6.07) is 3.43. The summed E-state index contributed by atoms with van der Waals surface area (Å²) in [6.45, 7) is 5.90. The average molecular weight is 296 g/mol. The molecule has 0 bridgehead atoms. The molecule has 1 aliphatic heterocycles. The molecule has 0 aromatic carbocycles. The molecule has 5 heteroatoms. The van der Waals surface area contributed by atoms with Crippen LogP contribution in [0.5, 0.6) is 0 Å². The van der Waals surface area contributed by atoms with Crippen molar-refractivity contribution in [1.29, 1.82) is 0 Å². The van der Waals surface area contributed by atoms with Crippen molar-refractivity contribution in [2.24, 2.45) is 0 Å². The zero-order valence-electron chi connectivity index (χ0n) is 12.0. The zero-order chi connectivity index (χ0) is 14.4. The molecule has 0 spiro atoms. The third-order valence-electron chi connectivity index (χ3n) is 3.63. The van der Waals surface area contributed by atoms with Crippen LogP contribution in [-0.4, -0.2) is 42.0 Å². The normalized spacial score (nSPS) is 16.1. The lowest BCUT2D eigenvalue weighted by Gasteiger charge is -2.26. The molecule has 1 fully saturated rings. The number of aryl methyl sites for hydroxylation is 1. The maximum atomic E-state index is 12.1. The minimum Gasteiger partial charge on any atom is -0.351 e. The highest BCUT2D eigenvalue weighted by Gasteiger charge is 2.11. The second-order valence-electron chi connectivity index (χ2n) is 5.18. The van der Waals surface area contributed by atoms with Crippen LogP contribution in [0.3, 0.4) is 0 Å². The molecule has 1 amide bonds. The van der Waals surface area contributed by atoms with Crippen LogP contribution in [0.2, 0.25) is 5.15 Å². The van der Waals surface area contributed by atoms with Gasteiger partial charge in [-0.1, -0.05) is 24.9 Å². The molecule has 110 valence electrons. The second-order valence-corrected chi connectivity index (χ2v) is 5.57. The van der Waals surface area contributed by atoms with E-state index in [0.717, 1.165) is 31.7 Å². The summed E-state index contributed by atoms with van der Waals surface area (Å²) in [4.78, 5) is 18.7. The second kappa shape index (κ2) is 7.60. The number of pyridine rings is 1. The summed E-state index contributed by atoms with van der Waals surface area (Å²) >= 11 is 5.93. The van der Waals surface area contributed by atoms with Gasteiger partial charge in [-0.3, -0.25) is 4.79 Å². The van der Waals surface area contributed by atoms with E-state index in [4.69, 9.17) is 11.6 Å². The van der Waals surface area contributed by atoms with E-state index >= 15 is 0 Å². The highest BCUT2D eigenvalue weighted by Crippen LogP contribution is 2.11. The summed E-state index contributed by atoms with van der Waals surface area (Å²) in [5.41, 5.74) is 1.44. The molecule has 1 aliphatic rings. The van der Waals surface area contributed by atoms with E-state index in [1.807, 2.05) is 13.0 Å². The molecule has 1 saturated heterocycles. The van der Waals surface area contributed by atoms with Crippen molar-refractivity contribution >= 4 is 17.5 Å². The fraction of sp³-hybridized carbons (Fsp3) is 0.600. The Morgan fingerprint density at radius 3 is 2.80 bits per heavy atom. The first-order valence-electron chi connectivity index (χ1n) is 7.36. The van der Waals surface area contributed by atoms with Gasteiger partial charge in [-0.15, -0.1) is 0 Å². The number of aromatic nitrogens is 1. The molecule has 2 heterocycles. The van der Waals surface area contributed by atoms with Crippen LogP contribution in [0.1, 0.15) is 42.2 Å². The van der Waals surface area contributed by atoms with Crippen LogP contribution in [0, 0.1) is 0 Å². The maximum absolute atomic E-state index is 12.1. The first-order chi connectivity index (χ1) is 9.69. The average Bonchev–Trinajstić information content (AvgIpc) is 2.47. The Kier molecular flexibility index (Phi) is 5.80. The van der Waals surface area contributed by atoms with Gasteiger partial charge in [0, 0.05) is 24.3 Å². The van der Waals surface area contributed by atoms with Crippen molar-refractivity contribution in [2.45, 2.75) is 32.6 Å². The van der Waals surface area contributed by atoms with Gasteiger partial charge in [0.2, 0.25) is 0 Å². The maximum Gasteiger partial charge on any atom is 0.251 e. The van der Waals surface area contributed by atoms with Crippen LogP contribution >= 0.6 is 11.6 Å². The summed E-state index contributed by atoms with van der Waals surface area (Å²) < 4.78 is 0. The Morgan fingerprint density at radius 2 is 2.10 bits per heavy atom. The van der Waals surface area contributed by atoms with Crippen molar-refractivity contribution in [3.05, 3.63) is 28.5 Å². The van der Waals surface area contributed by atoms with E-state index in [1.54, 1.807) is 6.07 Å². The minimum absolute atomic E-state index is 0.0685. The minimum atomic E-state index is -0.0685. The summed E-state index contributed by atoms with van der Waals surface area (Å²) in [7, 11) is 0. The van der Waals surface area contributed by atoms with Crippen molar-refractivity contribution in [1.82, 2.24) is 15.2 Å². The summed E-state index contributed by atoms with van der Waals surface area (Å²) in [5.74, 6) is -0.0685. The van der Waals surface area contributed by atoms with E-state index < -0.39 is 0 Å². The van der Waals surface area contributed by atoms with Gasteiger partial charge < -0.3 is 10.2 Å². The number of nitrogens with one attached hydrogen (secondary N) is 1. The predicted molar refractivity (Wildman–Crippen MR) is 81.2 cm³/mol. The van der Waals surface area contributed by atoms with Gasteiger partial charge in [0.15, 0.2) is 0 Å². The number of halogens is 1. The molecular formula is C15H22ClN3O. The standard InChI is InChI=1S/C15H22ClN3O/c1-2-13-10-12(11-14(16)18-13)15(20)17-6-9-19-7-4-3-5-8-19/h10-11H,2-9H2,1H3,(H,17,20). The van der Waals surface area contributed by atoms with Crippen molar-refractivity contribution in [3.8, 4) is 0 Å². The molecule has 20 heavy (non-hydrogen) atoms. The lowest BCUT2D eigenvalue weighted by molar-refractivity contribution is 0.0946. The van der Waals surface area contributed by atoms with Gasteiger partial charge in [-0.05, 0) is 44.5 Å². The number of carbonyl (C=O) groups is 1. The van der Waals surface area contributed by atoms with Gasteiger partial charge >= 0.3 is 0 Å². The first-order valence-corrected chi connectivity index (χ1v) is 7.74. The zero-order valence-corrected chi connectivity index (χ0v) is 12.7. The quantitative estimate of drug-likeness (QED) is 0.849. The number of piperidine rings is 1. The summed E-state index contributed by atoms with van der Waals surface area (Å²) in [5, 5.41) is 3.34. The van der Waals surface area contributed by atoms with Gasteiger partial charge in [-0.2, -0.15) is 0 Å². The fourth-order valence-electron chi connectivity index (χ4n) is 2.48. The fourth-order valence-corrected chi connectivity index (χ4v) is 2.70. The third-order valence-corrected chi connectivity index (χ3v) is 3.83. The Hall–Kier alpha value is -1.13. The number of hydrogen-bond acceptors (Lipinski definition) is 3. The third kappa shape index (κ3) is 4.46. The summed E-state index contributed by atoms with van der Waals surface area (Å²) in [6.07, 6.45) is 4.65. The highest BCUT2D eigenvalue weighted by molar-refractivity contribution is 6.29. The van der Waals surface area contributed by atoms with Crippen molar-refractivity contribution < 1.29 is 4.79 Å². The van der Waals surface area contributed by atoms with Crippen LogP contribution in [-0.2, 0) is 6.42 Å². The molecule has 0 radical (unpaired) electrons. The van der Waals surface area contributed by atoms with E-state index in [9.17, 15) is 4.79 Å². The van der Waals surface area contributed by atoms with Gasteiger partial charge in [0.05, 0.1) is 0 Å². The molecule has 0 atom stereocenters. The molecule has 0 saturated carbocycles. The van der Waals surface area contributed by atoms with Crippen LogP contribution in [0.25, 0.3) is 0 Å². The molecule has 0 unspecified atom stereocenters. The van der Waals surface area contributed by atoms with Crippen molar-refractivity contribution in [2.75, 3.05) is 26.2 Å². The molecule has 1 N–H and O–H groups in total. The van der Waals surface area contributed by atoms with Crippen LogP contribution in [0.4, 0.5) is 0 Å². The lowest BCUT2D eigenvalue weighted by Crippen LogP contribution is -2.37. The topological polar surface area (TPSA) is 45.2 Å². The number of carbonyl (C=O) groups excluding carboxylic acids is 1. The smallest absolute Gasteiger partial charge is 0.251 e. The van der Waals surface area contributed by atoms with E-state index in [0.29, 0.717) is 17.3 Å². The SMILES string of the molecule is CCc1cc(C(=O)NCCN2CCCCC2)cc(Cl)n1. The van der Waals surface area contributed by atoms with E-state index in [1.165, 1.54) is 19.3 Å². The Bertz CT molecular complexity index is 458. The molecule has 1 aromatic heterocycles. The van der Waals surface area contributed by atoms with Crippen molar-refractivity contribution in [3.63, 3.8) is 0 Å². The molecule has 0 aliphatic carbocycles. The lowest BCUT2D eigenvalue weighted by atomic mass is 10.1. The Balaban J connectivity index is 1.83. The van der Waals surface area contributed by atoms with Crippen LogP contribution in [0.15, 0.2) is 12.1 Å². The van der Waals surface area contributed by atoms with Crippen LogP contribution < -0.4 is 5.32 Å². The number of rotatable bonds is 5. The largest absolute Gasteiger partial charge is 0.351 e. The molecular weight excluding hydrogens is 274 g/mol. The monoisotopic (exact) mass is 295 g/mol. The highest BCUT2D eigenvalue weighted by atomic mass is 35.5. The first kappa shape index (κ1) is 15.3. The Labute approximate surface area is 125 Å². The number of hydrogen-bond donors (Lipinski definition) is 1. The van der Waals surface area contributed by atoms with Gasteiger partial charge in [0.25, 0.3) is 5.91 Å². The number of nitrogens with zero attached hydrogens (tertiary/aromatic N) is 2. The van der Waals surface area contributed by atoms with E-state index in [2.05, 4.69) is 15.2 Å².